The number of aliphatic imine (C=N–C) groups is 1. The third-order valence-corrected chi connectivity index (χ3v) is 5.32. The van der Waals surface area contributed by atoms with Crippen LogP contribution >= 0.6 is 24.0 Å². The second kappa shape index (κ2) is 11.4. The fraction of sp³-hybridized carbons (Fsp3) is 0.409. The molecule has 4 nitrogen and oxygen atoms in total. The molecule has 2 aromatic carbocycles. The van der Waals surface area contributed by atoms with Crippen molar-refractivity contribution in [3.05, 3.63) is 71.3 Å². The van der Waals surface area contributed by atoms with Gasteiger partial charge in [-0.3, -0.25) is 4.99 Å². The van der Waals surface area contributed by atoms with Crippen LogP contribution in [0.4, 0.5) is 8.78 Å². The van der Waals surface area contributed by atoms with Crippen molar-refractivity contribution in [2.45, 2.75) is 24.7 Å². The molecule has 1 heterocycles. The first-order chi connectivity index (χ1) is 13.6. The first-order valence-corrected chi connectivity index (χ1v) is 9.64. The van der Waals surface area contributed by atoms with Crippen LogP contribution in [0.15, 0.2) is 53.5 Å². The topological polar surface area (TPSA) is 45.7 Å². The third-order valence-electron chi connectivity index (χ3n) is 5.32. The Morgan fingerprint density at radius 1 is 1.03 bits per heavy atom. The zero-order valence-corrected chi connectivity index (χ0v) is 18.9. The van der Waals surface area contributed by atoms with E-state index in [4.69, 9.17) is 4.74 Å². The minimum atomic E-state index is -0.228. The summed E-state index contributed by atoms with van der Waals surface area (Å²) in [5.74, 6) is 0.249. The van der Waals surface area contributed by atoms with Crippen molar-refractivity contribution in [3.8, 4) is 0 Å². The maximum absolute atomic E-state index is 13.4. The molecule has 0 radical (unpaired) electrons. The van der Waals surface area contributed by atoms with E-state index in [1.165, 1.54) is 18.2 Å². The number of halogens is 3. The van der Waals surface area contributed by atoms with Crippen LogP contribution in [0, 0.1) is 11.6 Å². The number of guanidine groups is 1. The van der Waals surface area contributed by atoms with Crippen molar-refractivity contribution in [2.24, 2.45) is 4.99 Å². The fourth-order valence-corrected chi connectivity index (χ4v) is 3.62. The van der Waals surface area contributed by atoms with Gasteiger partial charge in [0, 0.05) is 38.8 Å². The van der Waals surface area contributed by atoms with E-state index >= 15 is 0 Å². The van der Waals surface area contributed by atoms with Crippen LogP contribution in [0.5, 0.6) is 0 Å². The molecule has 0 bridgehead atoms. The lowest BCUT2D eigenvalue weighted by molar-refractivity contribution is 0.0513. The van der Waals surface area contributed by atoms with E-state index in [9.17, 15) is 8.78 Å². The van der Waals surface area contributed by atoms with E-state index in [-0.39, 0.29) is 41.0 Å². The molecular formula is C22H28F2IN3O. The predicted octanol–water partition coefficient (Wildman–Crippen LogP) is 4.04. The van der Waals surface area contributed by atoms with Crippen LogP contribution in [0.1, 0.15) is 24.0 Å². The summed E-state index contributed by atoms with van der Waals surface area (Å²) in [4.78, 5) is 4.29. The van der Waals surface area contributed by atoms with Crippen molar-refractivity contribution in [1.82, 2.24) is 10.6 Å². The molecule has 2 N–H and O–H groups in total. The van der Waals surface area contributed by atoms with E-state index in [1.54, 1.807) is 19.2 Å². The lowest BCUT2D eigenvalue weighted by Gasteiger charge is -2.38. The quantitative estimate of drug-likeness (QED) is 0.347. The van der Waals surface area contributed by atoms with E-state index in [1.807, 2.05) is 18.2 Å². The van der Waals surface area contributed by atoms with Gasteiger partial charge < -0.3 is 15.4 Å². The van der Waals surface area contributed by atoms with Crippen LogP contribution in [0.3, 0.4) is 0 Å². The largest absolute Gasteiger partial charge is 0.381 e. The Balaban J connectivity index is 0.00000300. The SMILES string of the molecule is CN=C(NCCc1cccc(F)c1)NCC1(c2ccc(F)cc2)CCOCC1.I. The molecular weight excluding hydrogens is 487 g/mol. The van der Waals surface area contributed by atoms with Gasteiger partial charge in [-0.15, -0.1) is 24.0 Å². The standard InChI is InChI=1S/C22H27F2N3O.HI/c1-25-21(26-12-9-17-3-2-4-20(24)15-17)27-16-22(10-13-28-14-11-22)18-5-7-19(23)8-6-18;/h2-8,15H,9-14,16H2,1H3,(H2,25,26,27);1H. The summed E-state index contributed by atoms with van der Waals surface area (Å²) >= 11 is 0. The third kappa shape index (κ3) is 6.64. The summed E-state index contributed by atoms with van der Waals surface area (Å²) in [7, 11) is 1.73. The van der Waals surface area contributed by atoms with Crippen LogP contribution in [-0.4, -0.2) is 39.3 Å². The molecule has 158 valence electrons. The Kier molecular flexibility index (Phi) is 9.29. The van der Waals surface area contributed by atoms with Crippen LogP contribution in [0.25, 0.3) is 0 Å². The second-order valence-corrected chi connectivity index (χ2v) is 7.13. The molecule has 3 rings (SSSR count). The molecule has 0 aromatic heterocycles. The summed E-state index contributed by atoms with van der Waals surface area (Å²) in [6.07, 6.45) is 2.44. The zero-order valence-electron chi connectivity index (χ0n) is 16.6. The Morgan fingerprint density at radius 3 is 2.41 bits per heavy atom. The fourth-order valence-electron chi connectivity index (χ4n) is 3.62. The maximum Gasteiger partial charge on any atom is 0.191 e. The van der Waals surface area contributed by atoms with Gasteiger partial charge in [0.05, 0.1) is 0 Å². The van der Waals surface area contributed by atoms with E-state index in [0.717, 1.165) is 24.0 Å². The number of hydrogen-bond acceptors (Lipinski definition) is 2. The number of rotatable bonds is 6. The van der Waals surface area contributed by atoms with Crippen molar-refractivity contribution in [1.29, 1.82) is 0 Å². The molecule has 0 atom stereocenters. The smallest absolute Gasteiger partial charge is 0.191 e. The highest BCUT2D eigenvalue weighted by molar-refractivity contribution is 14.0. The monoisotopic (exact) mass is 515 g/mol. The average molecular weight is 515 g/mol. The predicted molar refractivity (Wildman–Crippen MR) is 123 cm³/mol. The highest BCUT2D eigenvalue weighted by Crippen LogP contribution is 2.34. The van der Waals surface area contributed by atoms with Gasteiger partial charge in [0.2, 0.25) is 0 Å². The highest BCUT2D eigenvalue weighted by Gasteiger charge is 2.34. The molecule has 2 aromatic rings. The van der Waals surface area contributed by atoms with Gasteiger partial charge >= 0.3 is 0 Å². The zero-order chi connectivity index (χ0) is 19.8. The number of nitrogens with one attached hydrogen (secondary N) is 2. The minimum absolute atomic E-state index is 0. The maximum atomic E-state index is 13.4. The minimum Gasteiger partial charge on any atom is -0.381 e. The Hall–Kier alpha value is -1.74. The Bertz CT molecular complexity index is 793. The van der Waals surface area contributed by atoms with Crippen LogP contribution in [-0.2, 0) is 16.6 Å². The second-order valence-electron chi connectivity index (χ2n) is 7.13. The number of nitrogens with zero attached hydrogens (tertiary/aromatic N) is 1. The van der Waals surface area contributed by atoms with Crippen molar-refractivity contribution < 1.29 is 13.5 Å². The molecule has 7 heteroatoms. The molecule has 0 spiro atoms. The summed E-state index contributed by atoms with van der Waals surface area (Å²) in [6.45, 7) is 2.70. The number of benzene rings is 2. The van der Waals surface area contributed by atoms with Crippen LogP contribution < -0.4 is 10.6 Å². The summed E-state index contributed by atoms with van der Waals surface area (Å²) in [6, 6.07) is 13.4. The van der Waals surface area contributed by atoms with E-state index < -0.39 is 0 Å². The number of hydrogen-bond donors (Lipinski definition) is 2. The van der Waals surface area contributed by atoms with Gasteiger partial charge in [0.25, 0.3) is 0 Å². The van der Waals surface area contributed by atoms with Gasteiger partial charge in [-0.2, -0.15) is 0 Å². The molecule has 1 aliphatic rings. The normalized spacial score (nSPS) is 16.0. The molecule has 0 saturated carbocycles. The van der Waals surface area contributed by atoms with Gasteiger partial charge in [-0.25, -0.2) is 8.78 Å². The van der Waals surface area contributed by atoms with Crippen molar-refractivity contribution >= 4 is 29.9 Å². The first kappa shape index (κ1) is 23.5. The highest BCUT2D eigenvalue weighted by atomic mass is 127. The van der Waals surface area contributed by atoms with Crippen LogP contribution in [0.2, 0.25) is 0 Å². The molecule has 0 aliphatic carbocycles. The lowest BCUT2D eigenvalue weighted by Crippen LogP contribution is -2.48. The number of ether oxygens (including phenoxy) is 1. The van der Waals surface area contributed by atoms with Gasteiger partial charge in [0.15, 0.2) is 5.96 Å². The van der Waals surface area contributed by atoms with E-state index in [0.29, 0.717) is 38.7 Å². The Labute approximate surface area is 188 Å². The first-order valence-electron chi connectivity index (χ1n) is 9.64. The average Bonchev–Trinajstić information content (AvgIpc) is 2.72. The van der Waals surface area contributed by atoms with Crippen molar-refractivity contribution in [3.63, 3.8) is 0 Å². The molecule has 0 amide bonds. The van der Waals surface area contributed by atoms with Gasteiger partial charge in [-0.05, 0) is 54.7 Å². The molecule has 0 unspecified atom stereocenters. The summed E-state index contributed by atoms with van der Waals surface area (Å²) < 4.78 is 32.2. The van der Waals surface area contributed by atoms with Gasteiger partial charge in [0.1, 0.15) is 11.6 Å². The summed E-state index contributed by atoms with van der Waals surface area (Å²) in [5, 5.41) is 6.69. The Morgan fingerprint density at radius 2 is 1.76 bits per heavy atom. The lowest BCUT2D eigenvalue weighted by atomic mass is 9.74. The van der Waals surface area contributed by atoms with Gasteiger partial charge in [-0.1, -0.05) is 24.3 Å². The molecule has 1 fully saturated rings. The van der Waals surface area contributed by atoms with Crippen molar-refractivity contribution in [2.75, 3.05) is 33.4 Å². The molecule has 1 saturated heterocycles. The summed E-state index contributed by atoms with van der Waals surface area (Å²) in [5.41, 5.74) is 1.93. The van der Waals surface area contributed by atoms with E-state index in [2.05, 4.69) is 15.6 Å². The molecule has 1 aliphatic heterocycles. The molecule has 29 heavy (non-hydrogen) atoms.